The van der Waals surface area contributed by atoms with Gasteiger partial charge in [-0.2, -0.15) is 0 Å². The monoisotopic (exact) mass is 407 g/mol. The summed E-state index contributed by atoms with van der Waals surface area (Å²) in [5, 5.41) is 3.64. The molecule has 0 saturated heterocycles. The van der Waals surface area contributed by atoms with Gasteiger partial charge >= 0.3 is 0 Å². The molecule has 0 aliphatic carbocycles. The average molecular weight is 408 g/mol. The highest BCUT2D eigenvalue weighted by Gasteiger charge is 2.27. The van der Waals surface area contributed by atoms with Gasteiger partial charge in [0.05, 0.1) is 6.04 Å². The maximum Gasteiger partial charge on any atom is 0.258 e. The van der Waals surface area contributed by atoms with Crippen LogP contribution in [0, 0.1) is 0 Å². The van der Waals surface area contributed by atoms with Crippen LogP contribution in [0.25, 0.3) is 0 Å². The maximum absolute atomic E-state index is 12.4. The number of carbonyl (C=O) groups is 1. The lowest BCUT2D eigenvalue weighted by atomic mass is 10.1. The van der Waals surface area contributed by atoms with Crippen molar-refractivity contribution in [2.24, 2.45) is 0 Å². The normalized spacial score (nSPS) is 13.6. The van der Waals surface area contributed by atoms with Crippen molar-refractivity contribution >= 4 is 23.2 Å². The molecule has 2 heterocycles. The number of amides is 1. The van der Waals surface area contributed by atoms with E-state index in [4.69, 9.17) is 16.3 Å². The molecule has 0 fully saturated rings. The van der Waals surface area contributed by atoms with Gasteiger partial charge in [0.25, 0.3) is 5.91 Å². The standard InChI is InChI=1S/C23H22ClN3O2/c24-19-7-9-20(10-8-19)29-16-23(28)26-15-22(18-5-3-12-25-14-18)27-13-11-17-4-1-2-6-21(17)27/h1-10,12,14,22H,11,13,15-16H2,(H,26,28). The highest BCUT2D eigenvalue weighted by molar-refractivity contribution is 6.30. The Bertz CT molecular complexity index is 963. The van der Waals surface area contributed by atoms with Crippen molar-refractivity contribution in [3.63, 3.8) is 0 Å². The van der Waals surface area contributed by atoms with Crippen LogP contribution >= 0.6 is 11.6 Å². The summed E-state index contributed by atoms with van der Waals surface area (Å²) < 4.78 is 5.55. The molecule has 5 nitrogen and oxygen atoms in total. The summed E-state index contributed by atoms with van der Waals surface area (Å²) in [6.07, 6.45) is 4.62. The topological polar surface area (TPSA) is 54.5 Å². The first kappa shape index (κ1) is 19.3. The highest BCUT2D eigenvalue weighted by atomic mass is 35.5. The van der Waals surface area contributed by atoms with Crippen molar-refractivity contribution in [2.75, 3.05) is 24.6 Å². The third-order valence-electron chi connectivity index (χ3n) is 5.04. The maximum atomic E-state index is 12.4. The van der Waals surface area contributed by atoms with Crippen LogP contribution in [0.2, 0.25) is 5.02 Å². The Hall–Kier alpha value is -3.05. The van der Waals surface area contributed by atoms with E-state index in [1.54, 1.807) is 30.5 Å². The summed E-state index contributed by atoms with van der Waals surface area (Å²) in [4.78, 5) is 19.0. The van der Waals surface area contributed by atoms with E-state index < -0.39 is 0 Å². The van der Waals surface area contributed by atoms with Gasteiger partial charge < -0.3 is 15.0 Å². The van der Waals surface area contributed by atoms with Crippen LogP contribution in [0.5, 0.6) is 5.75 Å². The number of aromatic nitrogens is 1. The molecule has 0 radical (unpaired) electrons. The number of halogens is 1. The number of nitrogens with zero attached hydrogens (tertiary/aromatic N) is 2. The summed E-state index contributed by atoms with van der Waals surface area (Å²) in [5.41, 5.74) is 3.62. The van der Waals surface area contributed by atoms with Gasteiger partial charge in [0.2, 0.25) is 0 Å². The fourth-order valence-corrected chi connectivity index (χ4v) is 3.74. The Morgan fingerprint density at radius 1 is 1.14 bits per heavy atom. The molecule has 1 N–H and O–H groups in total. The van der Waals surface area contributed by atoms with Crippen molar-refractivity contribution in [2.45, 2.75) is 12.5 Å². The average Bonchev–Trinajstić information content (AvgIpc) is 3.18. The smallest absolute Gasteiger partial charge is 0.258 e. The van der Waals surface area contributed by atoms with Crippen LogP contribution in [-0.2, 0) is 11.2 Å². The minimum atomic E-state index is -0.165. The van der Waals surface area contributed by atoms with Gasteiger partial charge in [0.1, 0.15) is 5.75 Å². The van der Waals surface area contributed by atoms with E-state index >= 15 is 0 Å². The molecule has 1 unspecified atom stereocenters. The number of pyridine rings is 1. The molecule has 1 atom stereocenters. The number of fused-ring (bicyclic) bond motifs is 1. The van der Waals surface area contributed by atoms with Gasteiger partial charge in [-0.25, -0.2) is 0 Å². The third kappa shape index (κ3) is 4.69. The molecule has 4 rings (SSSR count). The molecule has 29 heavy (non-hydrogen) atoms. The molecule has 0 saturated carbocycles. The second-order valence-corrected chi connectivity index (χ2v) is 7.36. The number of anilines is 1. The Labute approximate surface area is 175 Å². The summed E-state index contributed by atoms with van der Waals surface area (Å²) in [6.45, 7) is 1.34. The molecular formula is C23H22ClN3O2. The van der Waals surface area contributed by atoms with Crippen LogP contribution < -0.4 is 15.0 Å². The number of ether oxygens (including phenoxy) is 1. The highest BCUT2D eigenvalue weighted by Crippen LogP contribution is 2.34. The van der Waals surface area contributed by atoms with Crippen molar-refractivity contribution < 1.29 is 9.53 Å². The molecule has 148 valence electrons. The number of benzene rings is 2. The van der Waals surface area contributed by atoms with Gasteiger partial charge in [0.15, 0.2) is 6.61 Å². The van der Waals surface area contributed by atoms with Crippen LogP contribution in [-0.4, -0.2) is 30.6 Å². The van der Waals surface area contributed by atoms with Crippen LogP contribution in [0.15, 0.2) is 73.1 Å². The molecule has 1 aliphatic rings. The van der Waals surface area contributed by atoms with E-state index in [1.807, 2.05) is 12.3 Å². The van der Waals surface area contributed by atoms with Crippen molar-refractivity contribution in [3.05, 3.63) is 89.2 Å². The summed E-state index contributed by atoms with van der Waals surface area (Å²) in [6, 6.07) is 19.4. The van der Waals surface area contributed by atoms with Crippen LogP contribution in [0.4, 0.5) is 5.69 Å². The molecule has 1 amide bonds. The lowest BCUT2D eigenvalue weighted by Crippen LogP contribution is -2.39. The van der Waals surface area contributed by atoms with E-state index in [0.29, 0.717) is 17.3 Å². The second-order valence-electron chi connectivity index (χ2n) is 6.92. The minimum absolute atomic E-state index is 0.00633. The molecule has 0 bridgehead atoms. The SMILES string of the molecule is O=C(COc1ccc(Cl)cc1)NCC(c1cccnc1)N1CCc2ccccc21. The number of hydrogen-bond donors (Lipinski definition) is 1. The Morgan fingerprint density at radius 2 is 1.97 bits per heavy atom. The third-order valence-corrected chi connectivity index (χ3v) is 5.30. The number of hydrogen-bond acceptors (Lipinski definition) is 4. The molecule has 6 heteroatoms. The summed E-state index contributed by atoms with van der Waals surface area (Å²) in [7, 11) is 0. The van der Waals surface area contributed by atoms with Crippen molar-refractivity contribution in [1.29, 1.82) is 0 Å². The van der Waals surface area contributed by atoms with E-state index in [2.05, 4.69) is 45.5 Å². The molecule has 1 aliphatic heterocycles. The zero-order valence-corrected chi connectivity index (χ0v) is 16.7. The summed E-state index contributed by atoms with van der Waals surface area (Å²) >= 11 is 5.87. The number of para-hydroxylation sites is 1. The predicted octanol–water partition coefficient (Wildman–Crippen LogP) is 4.03. The lowest BCUT2D eigenvalue weighted by Gasteiger charge is -2.31. The number of nitrogens with one attached hydrogen (secondary N) is 1. The molecular weight excluding hydrogens is 386 g/mol. The van der Waals surface area contributed by atoms with Gasteiger partial charge in [-0.05, 0) is 53.9 Å². The fraction of sp³-hybridized carbons (Fsp3) is 0.217. The largest absolute Gasteiger partial charge is 0.484 e. The first-order valence-corrected chi connectivity index (χ1v) is 9.98. The Morgan fingerprint density at radius 3 is 2.76 bits per heavy atom. The van der Waals surface area contributed by atoms with Crippen LogP contribution in [0.3, 0.4) is 0 Å². The Kier molecular flexibility index (Phi) is 5.96. The number of rotatable bonds is 7. The molecule has 2 aromatic carbocycles. The van der Waals surface area contributed by atoms with Gasteiger partial charge in [-0.1, -0.05) is 35.9 Å². The van der Waals surface area contributed by atoms with Gasteiger partial charge in [0, 0.05) is 36.2 Å². The molecule has 1 aromatic heterocycles. The lowest BCUT2D eigenvalue weighted by molar-refractivity contribution is -0.123. The zero-order valence-electron chi connectivity index (χ0n) is 15.9. The van der Waals surface area contributed by atoms with Crippen molar-refractivity contribution in [3.8, 4) is 5.75 Å². The fourth-order valence-electron chi connectivity index (χ4n) is 3.61. The van der Waals surface area contributed by atoms with Crippen molar-refractivity contribution in [1.82, 2.24) is 10.3 Å². The predicted molar refractivity (Wildman–Crippen MR) is 114 cm³/mol. The van der Waals surface area contributed by atoms with Crippen LogP contribution in [0.1, 0.15) is 17.2 Å². The quantitative estimate of drug-likeness (QED) is 0.642. The Balaban J connectivity index is 1.42. The zero-order chi connectivity index (χ0) is 20.1. The minimum Gasteiger partial charge on any atom is -0.484 e. The van der Waals surface area contributed by atoms with E-state index in [-0.39, 0.29) is 18.6 Å². The van der Waals surface area contributed by atoms with Gasteiger partial charge in [-0.15, -0.1) is 0 Å². The van der Waals surface area contributed by atoms with E-state index in [0.717, 1.165) is 18.5 Å². The number of carbonyl (C=O) groups excluding carboxylic acids is 1. The first-order valence-electron chi connectivity index (χ1n) is 9.60. The first-order chi connectivity index (χ1) is 14.2. The van der Waals surface area contributed by atoms with Gasteiger partial charge in [-0.3, -0.25) is 9.78 Å². The molecule has 3 aromatic rings. The second kappa shape index (κ2) is 8.97. The summed E-state index contributed by atoms with van der Waals surface area (Å²) in [5.74, 6) is 0.447. The van der Waals surface area contributed by atoms with E-state index in [9.17, 15) is 4.79 Å². The molecule has 0 spiro atoms. The van der Waals surface area contributed by atoms with E-state index in [1.165, 1.54) is 11.3 Å².